The molecule has 17 heavy (non-hydrogen) atoms. The van der Waals surface area contributed by atoms with Crippen molar-refractivity contribution in [3.05, 3.63) is 60.2 Å². The fraction of sp³-hybridized carbons (Fsp3) is 0.167. The Labute approximate surface area is 105 Å². The standard InChI is InChI=1S/2C6H7N.HNOS/c2*1-6-4-2-3-5-7-6;1-2-3-1/h2*2-5H,1H3;1H. The molecule has 0 aromatic carbocycles. The highest BCUT2D eigenvalue weighted by atomic mass is 32.1. The van der Waals surface area contributed by atoms with E-state index >= 15 is 0 Å². The van der Waals surface area contributed by atoms with E-state index in [0.717, 1.165) is 11.4 Å². The molecule has 0 aliphatic rings. The maximum Gasteiger partial charge on any atom is 0.188 e. The van der Waals surface area contributed by atoms with Gasteiger partial charge in [-0.1, -0.05) is 12.1 Å². The van der Waals surface area contributed by atoms with Gasteiger partial charge in [-0.2, -0.15) is 0 Å². The first-order valence-electron chi connectivity index (χ1n) is 5.12. The lowest BCUT2D eigenvalue weighted by Crippen LogP contribution is -1.72. The lowest BCUT2D eigenvalue weighted by atomic mass is 10.4. The summed E-state index contributed by atoms with van der Waals surface area (Å²) >= 11 is 1.25. The quantitative estimate of drug-likeness (QED) is 0.664. The molecule has 0 radical (unpaired) electrons. The van der Waals surface area contributed by atoms with E-state index in [0.29, 0.717) is 0 Å². The number of rotatable bonds is 0. The molecule has 1 N–H and O–H groups in total. The van der Waals surface area contributed by atoms with Crippen molar-refractivity contribution in [2.24, 2.45) is 0 Å². The van der Waals surface area contributed by atoms with E-state index in [-0.39, 0.29) is 0 Å². The Morgan fingerprint density at radius 1 is 0.941 bits per heavy atom. The van der Waals surface area contributed by atoms with Gasteiger partial charge >= 0.3 is 0 Å². The monoisotopic (exact) mass is 249 g/mol. The highest BCUT2D eigenvalue weighted by Crippen LogP contribution is 1.86. The Morgan fingerprint density at radius 3 is 1.47 bits per heavy atom. The minimum absolute atomic E-state index is 1.07. The fourth-order valence-electron chi connectivity index (χ4n) is 0.896. The smallest absolute Gasteiger partial charge is 0.188 e. The van der Waals surface area contributed by atoms with Crippen LogP contribution >= 0.6 is 11.8 Å². The van der Waals surface area contributed by atoms with Crippen molar-refractivity contribution < 1.29 is 3.96 Å². The molecule has 0 aliphatic carbocycles. The van der Waals surface area contributed by atoms with Crippen LogP contribution in [-0.2, 0) is 0 Å². The van der Waals surface area contributed by atoms with Crippen LogP contribution in [0.3, 0.4) is 0 Å². The summed E-state index contributed by atoms with van der Waals surface area (Å²) < 4.78 is 6.58. The summed E-state index contributed by atoms with van der Waals surface area (Å²) in [7, 11) is 0. The number of nitrogens with zero attached hydrogens (tertiary/aromatic N) is 2. The zero-order valence-electron chi connectivity index (χ0n) is 9.83. The summed E-state index contributed by atoms with van der Waals surface area (Å²) in [5.41, 5.74) is 2.14. The van der Waals surface area contributed by atoms with Crippen molar-refractivity contribution in [3.63, 3.8) is 0 Å². The van der Waals surface area contributed by atoms with Gasteiger partial charge in [0.1, 0.15) is 0 Å². The highest BCUT2D eigenvalue weighted by Gasteiger charge is 1.74. The molecule has 3 heterocycles. The number of H-pyrrole nitrogens is 1. The molecule has 4 nitrogen and oxygen atoms in total. The van der Waals surface area contributed by atoms with Gasteiger partial charge in [0.15, 0.2) is 11.8 Å². The number of hydrogen-bond donors (Lipinski definition) is 1. The van der Waals surface area contributed by atoms with Gasteiger partial charge in [-0.3, -0.25) is 13.9 Å². The van der Waals surface area contributed by atoms with Crippen molar-refractivity contribution >= 4 is 11.8 Å². The van der Waals surface area contributed by atoms with Crippen molar-refractivity contribution in [3.8, 4) is 0 Å². The SMILES string of the molecule is Cc1ccccn1.Cc1ccccn1.[nH]1os1. The third kappa shape index (κ3) is 9.07. The molecule has 0 unspecified atom stereocenters. The minimum Gasteiger partial charge on any atom is -0.289 e. The molecule has 3 aromatic rings. The molecule has 0 aliphatic heterocycles. The van der Waals surface area contributed by atoms with Gasteiger partial charge in [-0.15, -0.1) is 4.55 Å². The maximum atomic E-state index is 4.17. The van der Waals surface area contributed by atoms with E-state index in [1.165, 1.54) is 11.8 Å². The average Bonchev–Trinajstić information content (AvgIpc) is 3.19. The van der Waals surface area contributed by atoms with Crippen LogP contribution in [0.25, 0.3) is 0 Å². The number of hydrogen-bond acceptors (Lipinski definition) is 4. The average molecular weight is 249 g/mol. The van der Waals surface area contributed by atoms with E-state index in [1.54, 1.807) is 12.4 Å². The van der Waals surface area contributed by atoms with Gasteiger partial charge < -0.3 is 0 Å². The molecular weight excluding hydrogens is 234 g/mol. The second-order valence-electron chi connectivity index (χ2n) is 3.19. The summed E-state index contributed by atoms with van der Waals surface area (Å²) in [5, 5.41) is 0. The first-order chi connectivity index (χ1) is 8.29. The van der Waals surface area contributed by atoms with Crippen molar-refractivity contribution in [2.45, 2.75) is 13.8 Å². The van der Waals surface area contributed by atoms with Crippen LogP contribution in [0, 0.1) is 13.8 Å². The maximum absolute atomic E-state index is 4.17. The van der Waals surface area contributed by atoms with E-state index in [1.807, 2.05) is 50.2 Å². The van der Waals surface area contributed by atoms with E-state index in [4.69, 9.17) is 0 Å². The summed E-state index contributed by atoms with van der Waals surface area (Å²) in [4.78, 5) is 7.96. The Kier molecular flexibility index (Phi) is 6.43. The van der Waals surface area contributed by atoms with E-state index in [2.05, 4.69) is 18.5 Å². The van der Waals surface area contributed by atoms with Gasteiger partial charge in [0.2, 0.25) is 0 Å². The molecule has 3 rings (SSSR count). The van der Waals surface area contributed by atoms with Crippen molar-refractivity contribution in [2.75, 3.05) is 0 Å². The molecular formula is C12H15N3OS. The predicted molar refractivity (Wildman–Crippen MR) is 68.9 cm³/mol. The first-order valence-corrected chi connectivity index (χ1v) is 5.86. The van der Waals surface area contributed by atoms with Crippen LogP contribution in [0.2, 0.25) is 0 Å². The molecule has 90 valence electrons. The summed E-state index contributed by atoms with van der Waals surface area (Å²) in [6, 6.07) is 11.7. The van der Waals surface area contributed by atoms with Gasteiger partial charge in [-0.05, 0) is 38.1 Å². The number of aromatic nitrogens is 3. The molecule has 0 amide bonds. The Morgan fingerprint density at radius 2 is 1.35 bits per heavy atom. The molecule has 0 saturated heterocycles. The lowest BCUT2D eigenvalue weighted by Gasteiger charge is -1.82. The summed E-state index contributed by atoms with van der Waals surface area (Å²) in [6.07, 6.45) is 3.57. The van der Waals surface area contributed by atoms with Crippen LogP contribution in [-0.4, -0.2) is 14.5 Å². The third-order valence-corrected chi connectivity index (χ3v) is 1.88. The second-order valence-corrected chi connectivity index (χ2v) is 3.69. The van der Waals surface area contributed by atoms with E-state index in [9.17, 15) is 0 Å². The fourth-order valence-corrected chi connectivity index (χ4v) is 0.896. The van der Waals surface area contributed by atoms with E-state index < -0.39 is 0 Å². The molecule has 3 aromatic heterocycles. The number of aromatic amines is 1. The predicted octanol–water partition coefficient (Wildman–Crippen LogP) is 3.45. The lowest BCUT2D eigenvalue weighted by molar-refractivity contribution is 0.629. The Bertz CT molecular complexity index is 408. The zero-order chi connectivity index (χ0) is 12.3. The van der Waals surface area contributed by atoms with Gasteiger partial charge in [0.25, 0.3) is 0 Å². The number of pyridine rings is 2. The van der Waals surface area contributed by atoms with Gasteiger partial charge in [-0.25, -0.2) is 0 Å². The molecule has 0 saturated carbocycles. The van der Waals surface area contributed by atoms with Crippen molar-refractivity contribution in [1.29, 1.82) is 0 Å². The van der Waals surface area contributed by atoms with Gasteiger partial charge in [0, 0.05) is 23.8 Å². The second kappa shape index (κ2) is 8.29. The summed E-state index contributed by atoms with van der Waals surface area (Å²) in [5.74, 6) is 0. The minimum atomic E-state index is 1.07. The van der Waals surface area contributed by atoms with Crippen LogP contribution < -0.4 is 0 Å². The third-order valence-electron chi connectivity index (χ3n) is 1.71. The first kappa shape index (κ1) is 13.2. The zero-order valence-corrected chi connectivity index (χ0v) is 10.6. The van der Waals surface area contributed by atoms with Crippen LogP contribution in [0.15, 0.2) is 52.7 Å². The van der Waals surface area contributed by atoms with Gasteiger partial charge in [0.05, 0.1) is 0 Å². The number of nitrogens with one attached hydrogen (secondary N) is 1. The molecule has 0 bridgehead atoms. The van der Waals surface area contributed by atoms with Crippen LogP contribution in [0.5, 0.6) is 0 Å². The molecule has 0 fully saturated rings. The number of aryl methyl sites for hydroxylation is 2. The molecule has 5 heteroatoms. The van der Waals surface area contributed by atoms with Crippen LogP contribution in [0.4, 0.5) is 0 Å². The Balaban J connectivity index is 0.000000137. The largest absolute Gasteiger partial charge is 0.289 e. The normalized spacial score (nSPS) is 8.59. The topological polar surface area (TPSA) is 54.7 Å². The van der Waals surface area contributed by atoms with Crippen LogP contribution in [0.1, 0.15) is 11.4 Å². The molecule has 0 spiro atoms. The summed E-state index contributed by atoms with van der Waals surface area (Å²) in [6.45, 7) is 3.94. The molecule has 0 atom stereocenters. The Hall–Kier alpha value is -1.88. The highest BCUT2D eigenvalue weighted by molar-refractivity contribution is 6.99. The van der Waals surface area contributed by atoms with Crippen molar-refractivity contribution in [1.82, 2.24) is 14.5 Å².